The van der Waals surface area contributed by atoms with Gasteiger partial charge in [-0.3, -0.25) is 4.79 Å². The lowest BCUT2D eigenvalue weighted by molar-refractivity contribution is -0.618. The summed E-state index contributed by atoms with van der Waals surface area (Å²) < 4.78 is 5.04. The fraction of sp³-hybridized carbons (Fsp3) is 0.0714. The number of hydrogen-bond donors (Lipinski definition) is 2. The molecule has 0 radical (unpaired) electrons. The Morgan fingerprint density at radius 3 is 2.33 bits per heavy atom. The summed E-state index contributed by atoms with van der Waals surface area (Å²) in [7, 11) is 1.60. The molecule has 4 heteroatoms. The van der Waals surface area contributed by atoms with Crippen molar-refractivity contribution in [2.24, 2.45) is 0 Å². The van der Waals surface area contributed by atoms with Crippen molar-refractivity contribution in [3.8, 4) is 5.75 Å². The highest BCUT2D eigenvalue weighted by Crippen LogP contribution is 2.10. The second-order valence-corrected chi connectivity index (χ2v) is 3.76. The smallest absolute Gasteiger partial charge is 0.296 e. The van der Waals surface area contributed by atoms with E-state index in [1.807, 2.05) is 30.3 Å². The molecular formula is C14H15N2O2+. The minimum atomic E-state index is -0.137. The maximum atomic E-state index is 11.8. The van der Waals surface area contributed by atoms with Gasteiger partial charge < -0.3 is 4.74 Å². The van der Waals surface area contributed by atoms with Crippen LogP contribution in [0.25, 0.3) is 0 Å². The number of para-hydroxylation sites is 1. The van der Waals surface area contributed by atoms with Crippen molar-refractivity contribution in [1.29, 1.82) is 0 Å². The van der Waals surface area contributed by atoms with E-state index in [1.54, 1.807) is 36.8 Å². The van der Waals surface area contributed by atoms with Crippen LogP contribution in [0.15, 0.2) is 54.6 Å². The molecule has 0 heterocycles. The molecule has 4 nitrogen and oxygen atoms in total. The molecule has 0 saturated carbocycles. The van der Waals surface area contributed by atoms with E-state index in [2.05, 4.69) is 5.43 Å². The predicted octanol–water partition coefficient (Wildman–Crippen LogP) is 1.24. The van der Waals surface area contributed by atoms with Crippen LogP contribution in [-0.2, 0) is 0 Å². The van der Waals surface area contributed by atoms with Gasteiger partial charge in [-0.1, -0.05) is 18.2 Å². The first-order valence-electron chi connectivity index (χ1n) is 5.63. The van der Waals surface area contributed by atoms with Crippen LogP contribution in [0.2, 0.25) is 0 Å². The largest absolute Gasteiger partial charge is 0.497 e. The monoisotopic (exact) mass is 243 g/mol. The number of hydrogen-bond acceptors (Lipinski definition) is 2. The second kappa shape index (κ2) is 5.84. The minimum Gasteiger partial charge on any atom is -0.497 e. The summed E-state index contributed by atoms with van der Waals surface area (Å²) in [6.45, 7) is 0. The van der Waals surface area contributed by atoms with E-state index in [9.17, 15) is 4.79 Å². The SMILES string of the molecule is COc1ccc(C(=O)N[NH2+]c2ccccc2)cc1. The van der Waals surface area contributed by atoms with Gasteiger partial charge in [-0.05, 0) is 24.3 Å². The Morgan fingerprint density at radius 1 is 1.06 bits per heavy atom. The fourth-order valence-electron chi connectivity index (χ4n) is 1.52. The van der Waals surface area contributed by atoms with Gasteiger partial charge in [0, 0.05) is 17.7 Å². The van der Waals surface area contributed by atoms with Crippen LogP contribution in [0.4, 0.5) is 5.69 Å². The Bertz CT molecular complexity index is 509. The maximum absolute atomic E-state index is 11.8. The van der Waals surface area contributed by atoms with Crippen molar-refractivity contribution in [2.75, 3.05) is 7.11 Å². The number of benzene rings is 2. The fourth-order valence-corrected chi connectivity index (χ4v) is 1.52. The maximum Gasteiger partial charge on any atom is 0.296 e. The third-order valence-electron chi connectivity index (χ3n) is 2.52. The molecule has 92 valence electrons. The Kier molecular flexibility index (Phi) is 3.94. The summed E-state index contributed by atoms with van der Waals surface area (Å²) in [5.74, 6) is 0.597. The van der Waals surface area contributed by atoms with Gasteiger partial charge in [0.15, 0.2) is 5.69 Å². The first-order valence-corrected chi connectivity index (χ1v) is 5.63. The Morgan fingerprint density at radius 2 is 1.72 bits per heavy atom. The predicted molar refractivity (Wildman–Crippen MR) is 68.5 cm³/mol. The van der Waals surface area contributed by atoms with Gasteiger partial charge in [0.1, 0.15) is 5.75 Å². The van der Waals surface area contributed by atoms with Gasteiger partial charge in [-0.2, -0.15) is 5.43 Å². The van der Waals surface area contributed by atoms with Gasteiger partial charge in [0.2, 0.25) is 0 Å². The molecule has 0 fully saturated rings. The summed E-state index contributed by atoms with van der Waals surface area (Å²) >= 11 is 0. The van der Waals surface area contributed by atoms with E-state index in [4.69, 9.17) is 4.74 Å². The molecule has 0 aliphatic carbocycles. The molecule has 2 rings (SSSR count). The average molecular weight is 243 g/mol. The number of carbonyl (C=O) groups excluding carboxylic acids is 1. The van der Waals surface area contributed by atoms with Crippen molar-refractivity contribution in [2.45, 2.75) is 0 Å². The molecule has 0 atom stereocenters. The molecule has 2 aromatic carbocycles. The lowest BCUT2D eigenvalue weighted by Crippen LogP contribution is -2.89. The molecule has 1 amide bonds. The molecule has 0 saturated heterocycles. The molecule has 2 aromatic rings. The number of nitrogens with one attached hydrogen (secondary N) is 1. The summed E-state index contributed by atoms with van der Waals surface area (Å²) in [6.07, 6.45) is 0. The van der Waals surface area contributed by atoms with E-state index in [-0.39, 0.29) is 5.91 Å². The van der Waals surface area contributed by atoms with Crippen LogP contribution in [-0.4, -0.2) is 13.0 Å². The highest BCUT2D eigenvalue weighted by atomic mass is 16.5. The van der Waals surface area contributed by atoms with Crippen molar-refractivity contribution >= 4 is 11.6 Å². The number of amides is 1. The molecule has 0 unspecified atom stereocenters. The number of rotatable bonds is 4. The van der Waals surface area contributed by atoms with E-state index in [1.165, 1.54) is 0 Å². The lowest BCUT2D eigenvalue weighted by atomic mass is 10.2. The average Bonchev–Trinajstić information content (AvgIpc) is 2.46. The summed E-state index contributed by atoms with van der Waals surface area (Å²) in [6, 6.07) is 16.6. The van der Waals surface area contributed by atoms with Crippen LogP contribution in [0.1, 0.15) is 10.4 Å². The van der Waals surface area contributed by atoms with Gasteiger partial charge in [-0.15, -0.1) is 0 Å². The normalized spacial score (nSPS) is 9.83. The number of ether oxygens (including phenoxy) is 1. The van der Waals surface area contributed by atoms with Crippen LogP contribution < -0.4 is 15.6 Å². The first-order chi connectivity index (χ1) is 8.79. The highest BCUT2D eigenvalue weighted by molar-refractivity contribution is 5.93. The first kappa shape index (κ1) is 12.1. The molecule has 0 aromatic heterocycles. The van der Waals surface area contributed by atoms with Crippen LogP contribution in [0.5, 0.6) is 5.75 Å². The van der Waals surface area contributed by atoms with Gasteiger partial charge in [0.05, 0.1) is 7.11 Å². The van der Waals surface area contributed by atoms with Gasteiger partial charge in [-0.25, -0.2) is 5.43 Å². The summed E-state index contributed by atoms with van der Waals surface area (Å²) in [5.41, 5.74) is 5.99. The molecule has 0 aliphatic heterocycles. The van der Waals surface area contributed by atoms with Crippen LogP contribution >= 0.6 is 0 Å². The zero-order chi connectivity index (χ0) is 12.8. The minimum absolute atomic E-state index is 0.137. The van der Waals surface area contributed by atoms with Gasteiger partial charge >= 0.3 is 0 Å². The van der Waals surface area contributed by atoms with E-state index >= 15 is 0 Å². The molecule has 3 N–H and O–H groups in total. The quantitative estimate of drug-likeness (QED) is 0.367. The van der Waals surface area contributed by atoms with Crippen molar-refractivity contribution < 1.29 is 15.0 Å². The topological polar surface area (TPSA) is 54.9 Å². The third-order valence-corrected chi connectivity index (χ3v) is 2.52. The highest BCUT2D eigenvalue weighted by Gasteiger charge is 2.07. The number of carbonyl (C=O) groups is 1. The van der Waals surface area contributed by atoms with Crippen LogP contribution in [0.3, 0.4) is 0 Å². The second-order valence-electron chi connectivity index (χ2n) is 3.76. The van der Waals surface area contributed by atoms with E-state index < -0.39 is 0 Å². The summed E-state index contributed by atoms with van der Waals surface area (Å²) in [4.78, 5) is 11.8. The van der Waals surface area contributed by atoms with Gasteiger partial charge in [0.25, 0.3) is 5.91 Å². The van der Waals surface area contributed by atoms with E-state index in [0.29, 0.717) is 5.56 Å². The zero-order valence-corrected chi connectivity index (χ0v) is 10.1. The Labute approximate surface area is 106 Å². The molecule has 18 heavy (non-hydrogen) atoms. The van der Waals surface area contributed by atoms with Crippen molar-refractivity contribution in [1.82, 2.24) is 5.43 Å². The third kappa shape index (κ3) is 3.09. The Hall–Kier alpha value is -2.33. The molecule has 0 bridgehead atoms. The standard InChI is InChI=1S/C14H14N2O2/c1-18-13-9-7-11(8-10-13)14(17)16-15-12-5-3-2-4-6-12/h2-10,15H,1H3,(H,16,17)/p+1. The number of methoxy groups -OCH3 is 1. The molecule has 0 aliphatic rings. The number of quaternary nitrogens is 1. The molecule has 0 spiro atoms. The zero-order valence-electron chi connectivity index (χ0n) is 10.1. The number of nitrogens with two attached hydrogens (primary N) is 1. The lowest BCUT2D eigenvalue weighted by Gasteiger charge is -2.04. The molecular weight excluding hydrogens is 228 g/mol. The number of nitrogen functional groups attached to an aromatic ring is 1. The Balaban J connectivity index is 1.95. The van der Waals surface area contributed by atoms with Crippen LogP contribution in [0, 0.1) is 0 Å². The van der Waals surface area contributed by atoms with E-state index in [0.717, 1.165) is 11.4 Å². The summed E-state index contributed by atoms with van der Waals surface area (Å²) in [5, 5.41) is 0. The van der Waals surface area contributed by atoms with Crippen molar-refractivity contribution in [3.05, 3.63) is 60.2 Å². The van der Waals surface area contributed by atoms with Crippen molar-refractivity contribution in [3.63, 3.8) is 0 Å².